The fourth-order valence-electron chi connectivity index (χ4n) is 2.28. The summed E-state index contributed by atoms with van der Waals surface area (Å²) in [4.78, 5) is 0.247. The average Bonchev–Trinajstić information content (AvgIpc) is 2.38. The molecule has 106 valence electrons. The lowest BCUT2D eigenvalue weighted by Gasteiger charge is -2.36. The second-order valence-corrected chi connectivity index (χ2v) is 7.62. The van der Waals surface area contributed by atoms with Crippen LogP contribution < -0.4 is 11.3 Å². The number of nitrogens with two attached hydrogens (primary N) is 1. The van der Waals surface area contributed by atoms with E-state index < -0.39 is 10.0 Å². The van der Waals surface area contributed by atoms with Gasteiger partial charge < -0.3 is 5.43 Å². The quantitative estimate of drug-likeness (QED) is 0.655. The number of hydrogen-bond donors (Lipinski definition) is 2. The van der Waals surface area contributed by atoms with Gasteiger partial charge >= 0.3 is 0 Å². The minimum atomic E-state index is -3.46. The lowest BCUT2D eigenvalue weighted by atomic mass is 9.83. The number of nitrogen functional groups attached to an aromatic ring is 1. The third-order valence-corrected chi connectivity index (χ3v) is 5.69. The standard InChI is InChI=1S/C13H21N3O2S/c1-13(2)7-9-16(10-8-13)19(17,18)12-6-4-3-5-11(12)15-14/h3-6,15H,7-10,14H2,1-2H3. The first kappa shape index (κ1) is 14.3. The van der Waals surface area contributed by atoms with Crippen molar-refractivity contribution in [2.75, 3.05) is 18.5 Å². The van der Waals surface area contributed by atoms with Crippen molar-refractivity contribution in [1.29, 1.82) is 0 Å². The van der Waals surface area contributed by atoms with Crippen LogP contribution in [0.2, 0.25) is 0 Å². The van der Waals surface area contributed by atoms with E-state index in [9.17, 15) is 8.42 Å². The van der Waals surface area contributed by atoms with Gasteiger partial charge in [-0.1, -0.05) is 26.0 Å². The summed E-state index contributed by atoms with van der Waals surface area (Å²) in [6.07, 6.45) is 1.76. The zero-order valence-corrected chi connectivity index (χ0v) is 12.2. The smallest absolute Gasteiger partial charge is 0.245 e. The highest BCUT2D eigenvalue weighted by atomic mass is 32.2. The highest BCUT2D eigenvalue weighted by Gasteiger charge is 2.33. The summed E-state index contributed by atoms with van der Waals surface area (Å²) in [5.74, 6) is 5.39. The number of nitrogens with zero attached hydrogens (tertiary/aromatic N) is 1. The Morgan fingerprint density at radius 2 is 1.79 bits per heavy atom. The molecule has 0 radical (unpaired) electrons. The van der Waals surface area contributed by atoms with Crippen molar-refractivity contribution in [2.45, 2.75) is 31.6 Å². The first-order chi connectivity index (χ1) is 8.87. The second kappa shape index (κ2) is 5.11. The van der Waals surface area contributed by atoms with Crippen molar-refractivity contribution < 1.29 is 8.42 Å². The highest BCUT2D eigenvalue weighted by Crippen LogP contribution is 2.33. The lowest BCUT2D eigenvalue weighted by Crippen LogP contribution is -2.41. The van der Waals surface area contributed by atoms with E-state index in [1.165, 1.54) is 0 Å². The van der Waals surface area contributed by atoms with Crippen molar-refractivity contribution >= 4 is 15.7 Å². The van der Waals surface area contributed by atoms with Crippen LogP contribution in [0.1, 0.15) is 26.7 Å². The van der Waals surface area contributed by atoms with Crippen LogP contribution in [0.15, 0.2) is 29.2 Å². The first-order valence-corrected chi connectivity index (χ1v) is 7.87. The number of rotatable bonds is 3. The molecular weight excluding hydrogens is 262 g/mol. The average molecular weight is 283 g/mol. The third-order valence-electron chi connectivity index (χ3n) is 3.74. The molecule has 1 aliphatic rings. The van der Waals surface area contributed by atoms with Crippen molar-refractivity contribution in [2.24, 2.45) is 11.3 Å². The fourth-order valence-corrected chi connectivity index (χ4v) is 3.88. The predicted octanol–water partition coefficient (Wildman–Crippen LogP) is 1.78. The van der Waals surface area contributed by atoms with E-state index in [1.807, 2.05) is 0 Å². The fraction of sp³-hybridized carbons (Fsp3) is 0.538. The topological polar surface area (TPSA) is 75.4 Å². The molecule has 2 rings (SSSR count). The van der Waals surface area contributed by atoms with E-state index in [4.69, 9.17) is 5.84 Å². The lowest BCUT2D eigenvalue weighted by molar-refractivity contribution is 0.196. The Kier molecular flexibility index (Phi) is 3.85. The maximum Gasteiger partial charge on any atom is 0.245 e. The molecule has 0 amide bonds. The zero-order chi connectivity index (χ0) is 14.1. The molecule has 0 saturated carbocycles. The monoisotopic (exact) mass is 283 g/mol. The molecule has 0 unspecified atom stereocenters. The normalized spacial score (nSPS) is 20.2. The van der Waals surface area contributed by atoms with Crippen LogP contribution in [0, 0.1) is 5.41 Å². The van der Waals surface area contributed by atoms with Crippen LogP contribution in [0.3, 0.4) is 0 Å². The van der Waals surface area contributed by atoms with E-state index in [1.54, 1.807) is 28.6 Å². The molecule has 0 spiro atoms. The molecule has 0 bridgehead atoms. The number of nitrogens with one attached hydrogen (secondary N) is 1. The molecule has 5 nitrogen and oxygen atoms in total. The summed E-state index contributed by atoms with van der Waals surface area (Å²) in [7, 11) is -3.46. The van der Waals surface area contributed by atoms with Crippen LogP contribution in [-0.2, 0) is 10.0 Å². The molecule has 1 saturated heterocycles. The van der Waals surface area contributed by atoms with Crippen LogP contribution in [0.4, 0.5) is 5.69 Å². The summed E-state index contributed by atoms with van der Waals surface area (Å²) >= 11 is 0. The molecule has 1 aliphatic heterocycles. The number of piperidine rings is 1. The summed E-state index contributed by atoms with van der Waals surface area (Å²) in [6.45, 7) is 5.47. The number of anilines is 1. The number of sulfonamides is 1. The molecule has 19 heavy (non-hydrogen) atoms. The molecule has 0 aliphatic carbocycles. The molecule has 1 aromatic rings. The predicted molar refractivity (Wildman–Crippen MR) is 76.0 cm³/mol. The number of hydrogen-bond acceptors (Lipinski definition) is 4. The van der Waals surface area contributed by atoms with Crippen LogP contribution >= 0.6 is 0 Å². The summed E-state index contributed by atoms with van der Waals surface area (Å²) in [5, 5.41) is 0. The molecular formula is C13H21N3O2S. The molecule has 0 atom stereocenters. The van der Waals surface area contributed by atoms with Crippen molar-refractivity contribution in [3.05, 3.63) is 24.3 Å². The Bertz CT molecular complexity index is 545. The molecule has 3 N–H and O–H groups in total. The molecule has 1 heterocycles. The van der Waals surface area contributed by atoms with Crippen molar-refractivity contribution in [1.82, 2.24) is 4.31 Å². The maximum absolute atomic E-state index is 12.6. The second-order valence-electron chi connectivity index (χ2n) is 5.71. The van der Waals surface area contributed by atoms with Gasteiger partial charge in [-0.3, -0.25) is 5.84 Å². The number of para-hydroxylation sites is 1. The van der Waals surface area contributed by atoms with Gasteiger partial charge in [0.2, 0.25) is 10.0 Å². The van der Waals surface area contributed by atoms with Gasteiger partial charge in [0.15, 0.2) is 0 Å². The Balaban J connectivity index is 2.28. The third kappa shape index (κ3) is 2.91. The van der Waals surface area contributed by atoms with Crippen LogP contribution in [-0.4, -0.2) is 25.8 Å². The first-order valence-electron chi connectivity index (χ1n) is 6.43. The van der Waals surface area contributed by atoms with Gasteiger partial charge in [-0.05, 0) is 30.4 Å². The van der Waals surface area contributed by atoms with Crippen LogP contribution in [0.25, 0.3) is 0 Å². The largest absolute Gasteiger partial charge is 0.323 e. The Morgan fingerprint density at radius 3 is 2.37 bits per heavy atom. The van der Waals surface area contributed by atoms with Gasteiger partial charge in [0.05, 0.1) is 5.69 Å². The summed E-state index contributed by atoms with van der Waals surface area (Å²) in [6, 6.07) is 6.72. The highest BCUT2D eigenvalue weighted by molar-refractivity contribution is 7.89. The molecule has 1 fully saturated rings. The SMILES string of the molecule is CC1(C)CCN(S(=O)(=O)c2ccccc2NN)CC1. The van der Waals surface area contributed by atoms with Gasteiger partial charge in [-0.25, -0.2) is 8.42 Å². The van der Waals surface area contributed by atoms with Crippen molar-refractivity contribution in [3.8, 4) is 0 Å². The van der Waals surface area contributed by atoms with Gasteiger partial charge in [0.25, 0.3) is 0 Å². The van der Waals surface area contributed by atoms with E-state index in [-0.39, 0.29) is 10.3 Å². The van der Waals surface area contributed by atoms with Gasteiger partial charge in [-0.2, -0.15) is 4.31 Å². The van der Waals surface area contributed by atoms with E-state index in [0.29, 0.717) is 18.8 Å². The minimum Gasteiger partial charge on any atom is -0.323 e. The molecule has 6 heteroatoms. The molecule has 0 aromatic heterocycles. The van der Waals surface area contributed by atoms with Gasteiger partial charge in [0, 0.05) is 13.1 Å². The summed E-state index contributed by atoms with van der Waals surface area (Å²) < 4.78 is 26.8. The maximum atomic E-state index is 12.6. The van der Waals surface area contributed by atoms with E-state index in [0.717, 1.165) is 12.8 Å². The van der Waals surface area contributed by atoms with Crippen LogP contribution in [0.5, 0.6) is 0 Å². The Hall–Kier alpha value is -1.11. The van der Waals surface area contributed by atoms with E-state index in [2.05, 4.69) is 19.3 Å². The minimum absolute atomic E-state index is 0.220. The Labute approximate surface area is 114 Å². The number of benzene rings is 1. The molecule has 1 aromatic carbocycles. The van der Waals surface area contributed by atoms with Gasteiger partial charge in [-0.15, -0.1) is 0 Å². The zero-order valence-electron chi connectivity index (χ0n) is 11.4. The Morgan fingerprint density at radius 1 is 1.21 bits per heavy atom. The van der Waals surface area contributed by atoms with Gasteiger partial charge in [0.1, 0.15) is 4.90 Å². The van der Waals surface area contributed by atoms with Crippen molar-refractivity contribution in [3.63, 3.8) is 0 Å². The summed E-state index contributed by atoms with van der Waals surface area (Å²) in [5.41, 5.74) is 3.11. The number of hydrazine groups is 1. The van der Waals surface area contributed by atoms with E-state index >= 15 is 0 Å².